The van der Waals surface area contributed by atoms with Gasteiger partial charge in [-0.25, -0.2) is 0 Å². The summed E-state index contributed by atoms with van der Waals surface area (Å²) in [6.45, 7) is 5.12. The molecule has 2 rings (SSSR count). The van der Waals surface area contributed by atoms with Crippen LogP contribution in [0.25, 0.3) is 0 Å². The summed E-state index contributed by atoms with van der Waals surface area (Å²) in [7, 11) is 0. The van der Waals surface area contributed by atoms with Crippen LogP contribution in [0.4, 0.5) is 18.9 Å². The molecule has 1 fully saturated rings. The van der Waals surface area contributed by atoms with Crippen LogP contribution in [-0.4, -0.2) is 25.3 Å². The Hall–Kier alpha value is -1.27. The molecule has 6 heteroatoms. The molecule has 1 heterocycles. The molecule has 0 saturated carbocycles. The predicted octanol–water partition coefficient (Wildman–Crippen LogP) is 2.78. The van der Waals surface area contributed by atoms with Gasteiger partial charge in [0.2, 0.25) is 0 Å². The minimum Gasteiger partial charge on any atom is -0.372 e. The number of alkyl halides is 3. The van der Waals surface area contributed by atoms with E-state index in [2.05, 4.69) is 0 Å². The van der Waals surface area contributed by atoms with Crippen molar-refractivity contribution in [2.24, 2.45) is 5.73 Å². The van der Waals surface area contributed by atoms with Gasteiger partial charge in [-0.1, -0.05) is 0 Å². The third kappa shape index (κ3) is 3.24. The zero-order chi connectivity index (χ0) is 14.9. The van der Waals surface area contributed by atoms with Crippen LogP contribution < -0.4 is 10.6 Å². The highest BCUT2D eigenvalue weighted by Gasteiger charge is 2.33. The molecule has 1 aliphatic rings. The second kappa shape index (κ2) is 5.61. The molecule has 2 unspecified atom stereocenters. The van der Waals surface area contributed by atoms with Crippen LogP contribution in [0.1, 0.15) is 25.0 Å². The number of ether oxygens (including phenoxy) is 1. The maximum atomic E-state index is 12.8. The largest absolute Gasteiger partial charge is 0.416 e. The average molecular weight is 288 g/mol. The Bertz CT molecular complexity index is 466. The molecule has 1 saturated heterocycles. The van der Waals surface area contributed by atoms with Gasteiger partial charge in [0.05, 0.1) is 17.8 Å². The lowest BCUT2D eigenvalue weighted by Gasteiger charge is -2.37. The molecule has 112 valence electrons. The maximum absolute atomic E-state index is 12.8. The number of nitrogens with two attached hydrogens (primary N) is 1. The number of hydrogen-bond donors (Lipinski definition) is 1. The molecule has 1 aromatic rings. The molecular weight excluding hydrogens is 269 g/mol. The Kier molecular flexibility index (Phi) is 4.25. The van der Waals surface area contributed by atoms with Gasteiger partial charge in [0.1, 0.15) is 0 Å². The van der Waals surface area contributed by atoms with E-state index in [0.29, 0.717) is 13.1 Å². The van der Waals surface area contributed by atoms with Gasteiger partial charge >= 0.3 is 6.18 Å². The molecule has 2 atom stereocenters. The van der Waals surface area contributed by atoms with Gasteiger partial charge < -0.3 is 15.4 Å². The smallest absolute Gasteiger partial charge is 0.372 e. The molecule has 3 nitrogen and oxygen atoms in total. The Morgan fingerprint density at radius 2 is 1.85 bits per heavy atom. The van der Waals surface area contributed by atoms with Crippen LogP contribution in [0.5, 0.6) is 0 Å². The Morgan fingerprint density at radius 1 is 1.25 bits per heavy atom. The second-order valence-electron chi connectivity index (χ2n) is 5.21. The lowest BCUT2D eigenvalue weighted by Crippen LogP contribution is -2.45. The number of hydrogen-bond acceptors (Lipinski definition) is 3. The fourth-order valence-corrected chi connectivity index (χ4v) is 2.61. The monoisotopic (exact) mass is 288 g/mol. The molecule has 0 amide bonds. The highest BCUT2D eigenvalue weighted by atomic mass is 19.4. The lowest BCUT2D eigenvalue weighted by atomic mass is 10.0. The van der Waals surface area contributed by atoms with Gasteiger partial charge in [0.15, 0.2) is 0 Å². The molecule has 0 bridgehead atoms. The minimum absolute atomic E-state index is 0.0577. The van der Waals surface area contributed by atoms with E-state index in [1.165, 1.54) is 12.1 Å². The van der Waals surface area contributed by atoms with E-state index >= 15 is 0 Å². The van der Waals surface area contributed by atoms with Crippen LogP contribution in [0.2, 0.25) is 0 Å². The Labute approximate surface area is 116 Å². The fourth-order valence-electron chi connectivity index (χ4n) is 2.61. The predicted molar refractivity (Wildman–Crippen MR) is 71.6 cm³/mol. The van der Waals surface area contributed by atoms with Crippen molar-refractivity contribution in [2.75, 3.05) is 18.0 Å². The summed E-state index contributed by atoms with van der Waals surface area (Å²) in [4.78, 5) is 2.04. The Morgan fingerprint density at radius 3 is 2.35 bits per heavy atom. The third-order valence-electron chi connectivity index (χ3n) is 3.40. The molecule has 2 N–H and O–H groups in total. The van der Waals surface area contributed by atoms with Crippen molar-refractivity contribution >= 4 is 5.69 Å². The van der Waals surface area contributed by atoms with Gasteiger partial charge in [0, 0.05) is 25.3 Å². The van der Waals surface area contributed by atoms with Gasteiger partial charge in [-0.05, 0) is 37.6 Å². The van der Waals surface area contributed by atoms with Crippen molar-refractivity contribution < 1.29 is 17.9 Å². The first kappa shape index (κ1) is 15.1. The quantitative estimate of drug-likeness (QED) is 0.909. The minimum atomic E-state index is -4.36. The van der Waals surface area contributed by atoms with Gasteiger partial charge in [-0.15, -0.1) is 0 Å². The average Bonchev–Trinajstić information content (AvgIpc) is 2.35. The van der Waals surface area contributed by atoms with E-state index in [0.717, 1.165) is 11.8 Å². The zero-order valence-electron chi connectivity index (χ0n) is 11.6. The van der Waals surface area contributed by atoms with E-state index in [-0.39, 0.29) is 24.3 Å². The fraction of sp³-hybridized carbons (Fsp3) is 0.571. The SMILES string of the molecule is CC1CN(c2ccc(C(F)(F)F)c(CN)c2)CC(C)O1. The molecule has 20 heavy (non-hydrogen) atoms. The standard InChI is InChI=1S/C14H19F3N2O/c1-9-7-19(8-10(2)20-9)12-3-4-13(14(15,16)17)11(5-12)6-18/h3-5,9-10H,6-8,18H2,1-2H3. The third-order valence-corrected chi connectivity index (χ3v) is 3.40. The van der Waals surface area contributed by atoms with Crippen molar-refractivity contribution in [3.8, 4) is 0 Å². The number of rotatable bonds is 2. The summed E-state index contributed by atoms with van der Waals surface area (Å²) in [5.74, 6) is 0. The lowest BCUT2D eigenvalue weighted by molar-refractivity contribution is -0.138. The molecule has 1 aromatic carbocycles. The topological polar surface area (TPSA) is 38.5 Å². The molecule has 0 aliphatic carbocycles. The number of anilines is 1. The number of nitrogens with zero attached hydrogens (tertiary/aromatic N) is 1. The van der Waals surface area contributed by atoms with Crippen LogP contribution in [0.3, 0.4) is 0 Å². The van der Waals surface area contributed by atoms with Gasteiger partial charge in [-0.2, -0.15) is 13.2 Å². The zero-order valence-corrected chi connectivity index (χ0v) is 11.6. The molecule has 0 spiro atoms. The second-order valence-corrected chi connectivity index (χ2v) is 5.21. The summed E-state index contributed by atoms with van der Waals surface area (Å²) in [6, 6.07) is 4.16. The molecular formula is C14H19F3N2O. The molecule has 0 radical (unpaired) electrons. The highest BCUT2D eigenvalue weighted by molar-refractivity contribution is 5.52. The van der Waals surface area contributed by atoms with Crippen molar-refractivity contribution in [3.63, 3.8) is 0 Å². The van der Waals surface area contributed by atoms with Gasteiger partial charge in [-0.3, -0.25) is 0 Å². The number of benzene rings is 1. The number of morpholine rings is 1. The highest BCUT2D eigenvalue weighted by Crippen LogP contribution is 2.34. The number of halogens is 3. The first-order valence-corrected chi connectivity index (χ1v) is 6.62. The Balaban J connectivity index is 2.30. The van der Waals surface area contributed by atoms with E-state index in [4.69, 9.17) is 10.5 Å². The summed E-state index contributed by atoms with van der Waals surface area (Å²) < 4.78 is 44.2. The summed E-state index contributed by atoms with van der Waals surface area (Å²) in [6.07, 6.45) is -4.25. The van der Waals surface area contributed by atoms with E-state index in [9.17, 15) is 13.2 Å². The van der Waals surface area contributed by atoms with Crippen molar-refractivity contribution in [2.45, 2.75) is 38.8 Å². The van der Waals surface area contributed by atoms with Crippen LogP contribution in [-0.2, 0) is 17.5 Å². The van der Waals surface area contributed by atoms with Crippen molar-refractivity contribution in [1.29, 1.82) is 0 Å². The van der Waals surface area contributed by atoms with E-state index in [1.807, 2.05) is 18.7 Å². The van der Waals surface area contributed by atoms with Crippen molar-refractivity contribution in [1.82, 2.24) is 0 Å². The molecule has 0 aromatic heterocycles. The van der Waals surface area contributed by atoms with Gasteiger partial charge in [0.25, 0.3) is 0 Å². The first-order valence-electron chi connectivity index (χ1n) is 6.62. The van der Waals surface area contributed by atoms with Crippen LogP contribution >= 0.6 is 0 Å². The van der Waals surface area contributed by atoms with Crippen LogP contribution in [0, 0.1) is 0 Å². The van der Waals surface area contributed by atoms with Crippen LogP contribution in [0.15, 0.2) is 18.2 Å². The normalized spacial score (nSPS) is 24.0. The van der Waals surface area contributed by atoms with E-state index in [1.54, 1.807) is 0 Å². The van der Waals surface area contributed by atoms with E-state index < -0.39 is 11.7 Å². The molecule has 1 aliphatic heterocycles. The summed E-state index contributed by atoms with van der Waals surface area (Å²) >= 11 is 0. The van der Waals surface area contributed by atoms with Crippen molar-refractivity contribution in [3.05, 3.63) is 29.3 Å². The summed E-state index contributed by atoms with van der Waals surface area (Å²) in [5.41, 5.74) is 5.69. The summed E-state index contributed by atoms with van der Waals surface area (Å²) in [5, 5.41) is 0. The first-order chi connectivity index (χ1) is 9.31. The maximum Gasteiger partial charge on any atom is 0.416 e.